The summed E-state index contributed by atoms with van der Waals surface area (Å²) in [6.07, 6.45) is 7.67. The van der Waals surface area contributed by atoms with Gasteiger partial charge in [-0.05, 0) is 31.0 Å². The predicted molar refractivity (Wildman–Crippen MR) is 134 cm³/mol. The summed E-state index contributed by atoms with van der Waals surface area (Å²) in [5.41, 5.74) is 8.42. The monoisotopic (exact) mass is 487 g/mol. The van der Waals surface area contributed by atoms with Crippen LogP contribution in [0.15, 0.2) is 48.9 Å². The molecule has 3 N–H and O–H groups in total. The maximum absolute atomic E-state index is 15.4. The smallest absolute Gasteiger partial charge is 0.257 e. The lowest BCUT2D eigenvalue weighted by atomic mass is 9.90. The van der Waals surface area contributed by atoms with Crippen molar-refractivity contribution in [3.63, 3.8) is 0 Å². The highest BCUT2D eigenvalue weighted by molar-refractivity contribution is 6.10. The van der Waals surface area contributed by atoms with Crippen LogP contribution in [0.3, 0.4) is 0 Å². The van der Waals surface area contributed by atoms with Crippen LogP contribution >= 0.6 is 0 Å². The van der Waals surface area contributed by atoms with E-state index in [1.807, 2.05) is 35.0 Å². The van der Waals surface area contributed by atoms with Crippen molar-refractivity contribution in [1.29, 1.82) is 0 Å². The summed E-state index contributed by atoms with van der Waals surface area (Å²) in [7, 11) is 1.76. The number of nitrogens with two attached hydrogens (primary N) is 1. The first-order chi connectivity index (χ1) is 17.4. The third-order valence-electron chi connectivity index (χ3n) is 7.13. The van der Waals surface area contributed by atoms with E-state index in [1.165, 1.54) is 12.1 Å². The van der Waals surface area contributed by atoms with E-state index in [0.717, 1.165) is 18.5 Å². The third-order valence-corrected chi connectivity index (χ3v) is 7.13. The zero-order valence-electron chi connectivity index (χ0n) is 19.8. The number of fused-ring (bicyclic) bond motifs is 4. The molecule has 2 atom stereocenters. The van der Waals surface area contributed by atoms with Crippen LogP contribution < -0.4 is 5.73 Å². The van der Waals surface area contributed by atoms with E-state index < -0.39 is 23.9 Å². The average Bonchev–Trinajstić information content (AvgIpc) is 3.46. The number of benzene rings is 1. The highest BCUT2D eigenvalue weighted by atomic mass is 19.1. The zero-order valence-corrected chi connectivity index (χ0v) is 19.8. The van der Waals surface area contributed by atoms with Gasteiger partial charge in [0.2, 0.25) is 0 Å². The molecule has 2 unspecified atom stereocenters. The quantitative estimate of drug-likeness (QED) is 0.401. The first-order valence-corrected chi connectivity index (χ1v) is 12.0. The van der Waals surface area contributed by atoms with Gasteiger partial charge in [-0.1, -0.05) is 18.9 Å². The number of aryl methyl sites for hydroxylation is 1. The van der Waals surface area contributed by atoms with Crippen molar-refractivity contribution >= 4 is 39.2 Å². The highest BCUT2D eigenvalue weighted by Gasteiger charge is 2.34. The predicted octanol–water partition coefficient (Wildman–Crippen LogP) is 3.44. The van der Waals surface area contributed by atoms with Gasteiger partial charge in [0.15, 0.2) is 0 Å². The lowest BCUT2D eigenvalue weighted by molar-refractivity contribution is 0.0143. The first kappa shape index (κ1) is 22.4. The number of imidazole rings is 1. The van der Waals surface area contributed by atoms with Gasteiger partial charge in [0.05, 0.1) is 52.6 Å². The number of amides is 1. The van der Waals surface area contributed by atoms with Crippen LogP contribution in [0.2, 0.25) is 0 Å². The van der Waals surface area contributed by atoms with E-state index in [1.54, 1.807) is 22.8 Å². The molecule has 1 aromatic carbocycles. The van der Waals surface area contributed by atoms with Gasteiger partial charge in [-0.25, -0.2) is 14.4 Å². The molecule has 0 spiro atoms. The Kier molecular flexibility index (Phi) is 5.33. The summed E-state index contributed by atoms with van der Waals surface area (Å²) in [5.74, 6) is -0.932. The minimum absolute atomic E-state index is 0.0851. The normalized spacial score (nSPS) is 18.3. The first-order valence-electron chi connectivity index (χ1n) is 12.0. The van der Waals surface area contributed by atoms with E-state index in [9.17, 15) is 9.90 Å². The largest absolute Gasteiger partial charge is 0.391 e. The second-order valence-electron chi connectivity index (χ2n) is 9.43. The van der Waals surface area contributed by atoms with Gasteiger partial charge in [0.25, 0.3) is 5.91 Å². The molecule has 0 aliphatic heterocycles. The number of carbonyl (C=O) groups excluding carboxylic acids is 1. The van der Waals surface area contributed by atoms with E-state index >= 15 is 4.39 Å². The summed E-state index contributed by atoms with van der Waals surface area (Å²) >= 11 is 0. The van der Waals surface area contributed by atoms with E-state index in [2.05, 4.69) is 15.1 Å². The van der Waals surface area contributed by atoms with E-state index in [-0.39, 0.29) is 17.9 Å². The number of nitrogen functional groups attached to an aromatic ring is 1. The number of halogens is 1. The maximum atomic E-state index is 15.4. The summed E-state index contributed by atoms with van der Waals surface area (Å²) < 4.78 is 18.9. The Morgan fingerprint density at radius 1 is 1.22 bits per heavy atom. The number of hydrogen-bond donors (Lipinski definition) is 2. The number of aliphatic hydroxyl groups is 1. The fraction of sp³-hybridized carbons (Fsp3) is 0.308. The Balaban J connectivity index is 1.46. The van der Waals surface area contributed by atoms with E-state index in [4.69, 9.17) is 5.73 Å². The minimum atomic E-state index is -0.689. The summed E-state index contributed by atoms with van der Waals surface area (Å²) in [6.45, 7) is 0.154. The number of pyridine rings is 2. The van der Waals surface area contributed by atoms with Crippen molar-refractivity contribution < 1.29 is 14.3 Å². The van der Waals surface area contributed by atoms with Gasteiger partial charge in [0, 0.05) is 30.9 Å². The zero-order chi connectivity index (χ0) is 25.0. The molecule has 10 heteroatoms. The molecule has 1 saturated carbocycles. The van der Waals surface area contributed by atoms with Gasteiger partial charge in [-0.3, -0.25) is 9.48 Å². The summed E-state index contributed by atoms with van der Waals surface area (Å²) in [5, 5.41) is 16.3. The van der Waals surface area contributed by atoms with Crippen LogP contribution in [0.25, 0.3) is 27.5 Å². The fourth-order valence-electron chi connectivity index (χ4n) is 5.33. The molecule has 6 rings (SSSR count). The van der Waals surface area contributed by atoms with Crippen molar-refractivity contribution in [1.82, 2.24) is 29.0 Å². The second kappa shape index (κ2) is 8.56. The highest BCUT2D eigenvalue weighted by Crippen LogP contribution is 2.31. The Hall–Kier alpha value is -4.05. The van der Waals surface area contributed by atoms with Crippen LogP contribution in [0.1, 0.15) is 41.7 Å². The third kappa shape index (κ3) is 3.65. The molecule has 1 aliphatic carbocycles. The minimum Gasteiger partial charge on any atom is -0.391 e. The molecule has 5 aromatic rings. The molecule has 9 nitrogen and oxygen atoms in total. The van der Waals surface area contributed by atoms with Crippen LogP contribution in [-0.2, 0) is 13.6 Å². The van der Waals surface area contributed by atoms with Gasteiger partial charge in [-0.15, -0.1) is 0 Å². The van der Waals surface area contributed by atoms with Crippen LogP contribution in [-0.4, -0.2) is 52.2 Å². The molecule has 1 amide bonds. The molecule has 1 aliphatic rings. The van der Waals surface area contributed by atoms with Crippen molar-refractivity contribution in [2.45, 2.75) is 44.4 Å². The Labute approximate surface area is 206 Å². The summed E-state index contributed by atoms with van der Waals surface area (Å²) in [6, 6.07) is 8.00. The van der Waals surface area contributed by atoms with Crippen molar-refractivity contribution in [2.75, 3.05) is 5.73 Å². The van der Waals surface area contributed by atoms with Crippen LogP contribution in [0.5, 0.6) is 0 Å². The van der Waals surface area contributed by atoms with Gasteiger partial charge >= 0.3 is 0 Å². The van der Waals surface area contributed by atoms with Crippen molar-refractivity contribution in [3.8, 4) is 0 Å². The number of aromatic nitrogens is 5. The molecular weight excluding hydrogens is 461 g/mol. The number of hydrogen-bond acceptors (Lipinski definition) is 6. The Morgan fingerprint density at radius 3 is 2.86 bits per heavy atom. The molecular formula is C26H26FN7O2. The lowest BCUT2D eigenvalue weighted by Gasteiger charge is -2.37. The molecule has 0 radical (unpaired) electrons. The number of nitrogens with zero attached hydrogens (tertiary/aromatic N) is 6. The van der Waals surface area contributed by atoms with Crippen LogP contribution in [0, 0.1) is 5.82 Å². The molecule has 0 bridgehead atoms. The summed E-state index contributed by atoms with van der Waals surface area (Å²) in [4.78, 5) is 24.5. The topological polar surface area (TPSA) is 115 Å². The SMILES string of the molecule is Cn1ncc2c(N)nc3cc(F)c(C(=O)N(Cc4cn5ccccc5n4)C4CCCCC4O)cc3c21. The molecule has 0 saturated heterocycles. The van der Waals surface area contributed by atoms with E-state index in [0.29, 0.717) is 40.3 Å². The van der Waals surface area contributed by atoms with Gasteiger partial charge in [0.1, 0.15) is 17.3 Å². The number of aliphatic hydroxyl groups excluding tert-OH is 1. The molecule has 1 fully saturated rings. The average molecular weight is 488 g/mol. The molecule has 184 valence electrons. The maximum Gasteiger partial charge on any atom is 0.257 e. The number of carbonyl (C=O) groups is 1. The second-order valence-corrected chi connectivity index (χ2v) is 9.43. The van der Waals surface area contributed by atoms with Crippen molar-refractivity contribution in [2.24, 2.45) is 7.05 Å². The lowest BCUT2D eigenvalue weighted by Crippen LogP contribution is -2.48. The molecule has 36 heavy (non-hydrogen) atoms. The number of rotatable bonds is 4. The van der Waals surface area contributed by atoms with Gasteiger partial charge < -0.3 is 20.1 Å². The Bertz CT molecular complexity index is 1590. The molecule has 4 heterocycles. The van der Waals surface area contributed by atoms with Gasteiger partial charge in [-0.2, -0.15) is 5.10 Å². The standard InChI is InChI=1S/C26H26FN7O2/c1-32-24-17-10-16(19(27)11-20(17)31-25(28)18(24)12-29-32)26(36)34(21-6-2-3-7-22(21)35)14-15-13-33-9-5-4-8-23(33)30-15/h4-5,8-13,21-22,35H,2-3,6-7,14H2,1H3,(H2,28,31). The molecule has 4 aromatic heterocycles. The number of anilines is 1. The van der Waals surface area contributed by atoms with Crippen LogP contribution in [0.4, 0.5) is 10.2 Å². The Morgan fingerprint density at radius 2 is 2.06 bits per heavy atom. The van der Waals surface area contributed by atoms with Crippen molar-refractivity contribution in [3.05, 3.63) is 66.0 Å². The fourth-order valence-corrected chi connectivity index (χ4v) is 5.33.